The van der Waals surface area contributed by atoms with Crippen molar-refractivity contribution in [3.05, 3.63) is 72.4 Å². The van der Waals surface area contributed by atoms with Crippen LogP contribution in [0.5, 0.6) is 0 Å². The first-order valence-corrected chi connectivity index (χ1v) is 7.48. The zero-order chi connectivity index (χ0) is 16.5. The number of carbonyl (C=O) groups excluding carboxylic acids is 1. The molecule has 0 aliphatic rings. The number of nitrogens with zero attached hydrogens (tertiary/aromatic N) is 3. The number of fused-ring (bicyclic) bond motifs is 1. The van der Waals surface area contributed by atoms with Crippen LogP contribution in [-0.2, 0) is 0 Å². The molecule has 0 spiro atoms. The molecule has 24 heavy (non-hydrogen) atoms. The fraction of sp³-hybridized carbons (Fsp3) is 0.0556. The second-order valence-corrected chi connectivity index (χ2v) is 5.43. The highest BCUT2D eigenvalue weighted by molar-refractivity contribution is 6.02. The molecule has 1 amide bonds. The summed E-state index contributed by atoms with van der Waals surface area (Å²) in [5.74, 6) is 0.301. The number of hydrogen-bond donors (Lipinski definition) is 1. The molecule has 4 rings (SSSR count). The molecule has 0 saturated heterocycles. The molecule has 6 nitrogen and oxygen atoms in total. The van der Waals surface area contributed by atoms with Crippen LogP contribution in [0.2, 0.25) is 0 Å². The van der Waals surface area contributed by atoms with Crippen LogP contribution in [0.1, 0.15) is 16.2 Å². The lowest BCUT2D eigenvalue weighted by Crippen LogP contribution is -2.12. The van der Waals surface area contributed by atoms with Gasteiger partial charge in [0.2, 0.25) is 0 Å². The lowest BCUT2D eigenvalue weighted by Gasteiger charge is -2.07. The standard InChI is InChI=1S/C18H14N4O2/c1-12-10-16(21-24-12)18(23)20-13-6-8-14(9-7-13)22-11-19-15-4-2-3-5-17(15)22/h2-11H,1H3,(H,20,23). The van der Waals surface area contributed by atoms with Crippen LogP contribution in [0.15, 0.2) is 65.4 Å². The number of aryl methyl sites for hydroxylation is 1. The van der Waals surface area contributed by atoms with Crippen LogP contribution >= 0.6 is 0 Å². The van der Waals surface area contributed by atoms with Gasteiger partial charge in [-0.25, -0.2) is 4.98 Å². The highest BCUT2D eigenvalue weighted by Gasteiger charge is 2.11. The molecule has 0 aliphatic carbocycles. The van der Waals surface area contributed by atoms with Crippen molar-refractivity contribution in [2.24, 2.45) is 0 Å². The van der Waals surface area contributed by atoms with E-state index in [9.17, 15) is 4.79 Å². The summed E-state index contributed by atoms with van der Waals surface area (Å²) in [6, 6.07) is 17.1. The molecular weight excluding hydrogens is 304 g/mol. The largest absolute Gasteiger partial charge is 0.361 e. The number of benzene rings is 2. The molecule has 0 fully saturated rings. The molecule has 0 bridgehead atoms. The molecular formula is C18H14N4O2. The van der Waals surface area contributed by atoms with E-state index in [0.29, 0.717) is 11.4 Å². The summed E-state index contributed by atoms with van der Waals surface area (Å²) in [6.45, 7) is 1.74. The quantitative estimate of drug-likeness (QED) is 0.626. The first kappa shape index (κ1) is 14.2. The third kappa shape index (κ3) is 2.54. The molecule has 0 radical (unpaired) electrons. The van der Waals surface area contributed by atoms with Gasteiger partial charge < -0.3 is 9.84 Å². The van der Waals surface area contributed by atoms with E-state index in [1.165, 1.54) is 0 Å². The summed E-state index contributed by atoms with van der Waals surface area (Å²) in [5, 5.41) is 6.50. The minimum Gasteiger partial charge on any atom is -0.361 e. The number of aromatic nitrogens is 3. The highest BCUT2D eigenvalue weighted by atomic mass is 16.5. The predicted octanol–water partition coefficient (Wildman–Crippen LogP) is 3.57. The van der Waals surface area contributed by atoms with E-state index in [2.05, 4.69) is 15.5 Å². The van der Waals surface area contributed by atoms with Gasteiger partial charge >= 0.3 is 0 Å². The maximum absolute atomic E-state index is 12.1. The van der Waals surface area contributed by atoms with E-state index in [0.717, 1.165) is 16.7 Å². The van der Waals surface area contributed by atoms with Crippen molar-refractivity contribution >= 4 is 22.6 Å². The second kappa shape index (κ2) is 5.66. The van der Waals surface area contributed by atoms with E-state index in [1.807, 2.05) is 53.1 Å². The Balaban J connectivity index is 1.57. The lowest BCUT2D eigenvalue weighted by atomic mass is 10.2. The molecule has 118 valence electrons. The molecule has 0 atom stereocenters. The monoisotopic (exact) mass is 318 g/mol. The van der Waals surface area contributed by atoms with Crippen LogP contribution in [0.4, 0.5) is 5.69 Å². The van der Waals surface area contributed by atoms with Crippen LogP contribution in [0.3, 0.4) is 0 Å². The molecule has 2 aromatic carbocycles. The van der Waals surface area contributed by atoms with E-state index >= 15 is 0 Å². The Morgan fingerprint density at radius 3 is 2.67 bits per heavy atom. The highest BCUT2D eigenvalue weighted by Crippen LogP contribution is 2.20. The fourth-order valence-corrected chi connectivity index (χ4v) is 2.54. The van der Waals surface area contributed by atoms with Gasteiger partial charge in [-0.05, 0) is 43.3 Å². The van der Waals surface area contributed by atoms with Crippen molar-refractivity contribution in [1.29, 1.82) is 0 Å². The molecule has 0 unspecified atom stereocenters. The Morgan fingerprint density at radius 2 is 1.92 bits per heavy atom. The Hall–Kier alpha value is -3.41. The molecule has 4 aromatic rings. The number of imidazole rings is 1. The van der Waals surface area contributed by atoms with Gasteiger partial charge in [0.25, 0.3) is 5.91 Å². The Morgan fingerprint density at radius 1 is 1.12 bits per heavy atom. The summed E-state index contributed by atoms with van der Waals surface area (Å²) in [6.07, 6.45) is 1.79. The average Bonchev–Trinajstić information content (AvgIpc) is 3.22. The van der Waals surface area contributed by atoms with Crippen LogP contribution in [0.25, 0.3) is 16.7 Å². The third-order valence-electron chi connectivity index (χ3n) is 3.72. The van der Waals surface area contributed by atoms with Crippen LogP contribution < -0.4 is 5.32 Å². The first-order chi connectivity index (χ1) is 11.7. The van der Waals surface area contributed by atoms with E-state index in [-0.39, 0.29) is 11.6 Å². The number of rotatable bonds is 3. The zero-order valence-electron chi connectivity index (χ0n) is 12.9. The summed E-state index contributed by atoms with van der Waals surface area (Å²) >= 11 is 0. The zero-order valence-corrected chi connectivity index (χ0v) is 12.9. The number of carbonyl (C=O) groups is 1. The average molecular weight is 318 g/mol. The van der Waals surface area contributed by atoms with Crippen molar-refractivity contribution in [1.82, 2.24) is 14.7 Å². The van der Waals surface area contributed by atoms with Gasteiger partial charge in [0.05, 0.1) is 11.0 Å². The van der Waals surface area contributed by atoms with Crippen molar-refractivity contribution in [2.75, 3.05) is 5.32 Å². The van der Waals surface area contributed by atoms with E-state index in [4.69, 9.17) is 4.52 Å². The van der Waals surface area contributed by atoms with Crippen molar-refractivity contribution in [2.45, 2.75) is 6.92 Å². The second-order valence-electron chi connectivity index (χ2n) is 5.43. The van der Waals surface area contributed by atoms with Crippen LogP contribution in [-0.4, -0.2) is 20.6 Å². The summed E-state index contributed by atoms with van der Waals surface area (Å²) in [5.41, 5.74) is 3.90. The van der Waals surface area contributed by atoms with Gasteiger partial charge in [0.15, 0.2) is 5.69 Å². The normalized spacial score (nSPS) is 10.9. The molecule has 1 N–H and O–H groups in total. The number of para-hydroxylation sites is 2. The predicted molar refractivity (Wildman–Crippen MR) is 90.3 cm³/mol. The number of hydrogen-bond acceptors (Lipinski definition) is 4. The van der Waals surface area contributed by atoms with E-state index in [1.54, 1.807) is 19.3 Å². The summed E-state index contributed by atoms with van der Waals surface area (Å²) in [4.78, 5) is 16.4. The molecule has 6 heteroatoms. The maximum Gasteiger partial charge on any atom is 0.277 e. The Bertz CT molecular complexity index is 1010. The lowest BCUT2D eigenvalue weighted by molar-refractivity contribution is 0.101. The minimum absolute atomic E-state index is 0.261. The Kier molecular flexibility index (Phi) is 3.35. The Labute approximate surface area is 137 Å². The molecule has 2 heterocycles. The molecule has 0 saturated carbocycles. The van der Waals surface area contributed by atoms with Gasteiger partial charge in [0.1, 0.15) is 12.1 Å². The van der Waals surface area contributed by atoms with Gasteiger partial charge in [-0.3, -0.25) is 9.36 Å². The van der Waals surface area contributed by atoms with Crippen LogP contribution in [0, 0.1) is 6.92 Å². The summed E-state index contributed by atoms with van der Waals surface area (Å²) in [7, 11) is 0. The van der Waals surface area contributed by atoms with E-state index < -0.39 is 0 Å². The summed E-state index contributed by atoms with van der Waals surface area (Å²) < 4.78 is 6.91. The number of nitrogens with one attached hydrogen (secondary N) is 1. The molecule has 0 aliphatic heterocycles. The van der Waals surface area contributed by atoms with Gasteiger partial charge in [0, 0.05) is 17.4 Å². The maximum atomic E-state index is 12.1. The smallest absolute Gasteiger partial charge is 0.277 e. The number of anilines is 1. The topological polar surface area (TPSA) is 73.0 Å². The third-order valence-corrected chi connectivity index (χ3v) is 3.72. The SMILES string of the molecule is Cc1cc(C(=O)Nc2ccc(-n3cnc4ccccc43)cc2)no1. The van der Waals surface area contributed by atoms with Crippen molar-refractivity contribution < 1.29 is 9.32 Å². The molecule has 2 aromatic heterocycles. The van der Waals surface area contributed by atoms with Crippen molar-refractivity contribution in [3.63, 3.8) is 0 Å². The van der Waals surface area contributed by atoms with Gasteiger partial charge in [-0.1, -0.05) is 17.3 Å². The van der Waals surface area contributed by atoms with Crippen molar-refractivity contribution in [3.8, 4) is 5.69 Å². The van der Waals surface area contributed by atoms with Gasteiger partial charge in [-0.2, -0.15) is 0 Å². The first-order valence-electron chi connectivity index (χ1n) is 7.48. The fourth-order valence-electron chi connectivity index (χ4n) is 2.54. The number of amides is 1. The van der Waals surface area contributed by atoms with Gasteiger partial charge in [-0.15, -0.1) is 0 Å². The minimum atomic E-state index is -0.298.